The Bertz CT molecular complexity index is 644. The van der Waals surface area contributed by atoms with E-state index in [0.717, 1.165) is 12.1 Å². The predicted octanol–water partition coefficient (Wildman–Crippen LogP) is 3.40. The Morgan fingerprint density at radius 1 is 1.13 bits per heavy atom. The molecule has 0 aliphatic heterocycles. The second-order valence-electron chi connectivity index (χ2n) is 4.44. The average molecular weight is 327 g/mol. The van der Waals surface area contributed by atoms with Crippen LogP contribution in [0, 0.1) is 0 Å². The zero-order chi connectivity index (χ0) is 16.9. The summed E-state index contributed by atoms with van der Waals surface area (Å²) in [5.74, 6) is -0.668. The molecule has 1 atom stereocenters. The second-order valence-corrected chi connectivity index (χ2v) is 4.44. The van der Waals surface area contributed by atoms with E-state index in [1.807, 2.05) is 0 Å². The minimum atomic E-state index is -4.50. The highest BCUT2D eigenvalue weighted by molar-refractivity contribution is 5.74. The molecule has 0 saturated carbocycles. The van der Waals surface area contributed by atoms with Crippen molar-refractivity contribution < 1.29 is 32.5 Å². The fourth-order valence-corrected chi connectivity index (χ4v) is 1.50. The number of hydrogen-bond donors (Lipinski definition) is 0. The van der Waals surface area contributed by atoms with E-state index < -0.39 is 23.8 Å². The molecule has 0 radical (unpaired) electrons. The molecule has 1 aromatic carbocycles. The Kier molecular flexibility index (Phi) is 5.05. The monoisotopic (exact) mass is 327 g/mol. The van der Waals surface area contributed by atoms with Gasteiger partial charge in [-0.25, -0.2) is 14.7 Å². The molecule has 0 bridgehead atoms. The number of carbonyl (C=O) groups excluding carboxylic acids is 1. The van der Waals surface area contributed by atoms with E-state index in [2.05, 4.69) is 14.8 Å². The summed E-state index contributed by atoms with van der Waals surface area (Å²) in [5, 5.41) is 0. The number of halogens is 3. The summed E-state index contributed by atoms with van der Waals surface area (Å²) >= 11 is 0. The molecule has 2 rings (SSSR count). The van der Waals surface area contributed by atoms with Crippen LogP contribution in [0.25, 0.3) is 0 Å². The molecule has 0 spiro atoms. The minimum absolute atomic E-state index is 0.279. The number of alkyl halides is 3. The van der Waals surface area contributed by atoms with E-state index in [1.54, 1.807) is 30.3 Å². The van der Waals surface area contributed by atoms with Gasteiger partial charge in [-0.15, -0.1) is 0 Å². The van der Waals surface area contributed by atoms with Gasteiger partial charge in [0, 0.05) is 12.3 Å². The van der Waals surface area contributed by atoms with Crippen LogP contribution in [0.5, 0.6) is 11.6 Å². The maximum absolute atomic E-state index is 12.4. The molecule has 0 aliphatic carbocycles. The first-order valence-electron chi connectivity index (χ1n) is 6.49. The van der Waals surface area contributed by atoms with Gasteiger partial charge < -0.3 is 4.74 Å². The zero-order valence-electron chi connectivity index (χ0n) is 11.9. The van der Waals surface area contributed by atoms with Gasteiger partial charge in [-0.05, 0) is 25.1 Å². The number of benzene rings is 1. The lowest BCUT2D eigenvalue weighted by Crippen LogP contribution is -2.27. The van der Waals surface area contributed by atoms with Gasteiger partial charge in [0.15, 0.2) is 6.10 Å². The number of nitrogens with zero attached hydrogens (tertiary/aromatic N) is 1. The smallest absolute Gasteiger partial charge is 0.417 e. The van der Waals surface area contributed by atoms with Crippen LogP contribution >= 0.6 is 0 Å². The largest absolute Gasteiger partial charge is 0.479 e. The summed E-state index contributed by atoms with van der Waals surface area (Å²) in [4.78, 5) is 24.1. The molecule has 5 nitrogen and oxygen atoms in total. The Morgan fingerprint density at radius 3 is 2.39 bits per heavy atom. The standard InChI is InChI=1S/C15H12F3NO4/c1-10(21-12-5-3-2-4-6-12)14(20)23-22-13-8-7-11(9-19-13)15(16,17)18/h2-10H,1H3. The average Bonchev–Trinajstić information content (AvgIpc) is 2.53. The quantitative estimate of drug-likeness (QED) is 0.622. The third-order valence-corrected chi connectivity index (χ3v) is 2.66. The normalized spacial score (nSPS) is 12.3. The molecule has 0 amide bonds. The van der Waals surface area contributed by atoms with Crippen molar-refractivity contribution in [2.45, 2.75) is 19.2 Å². The Morgan fingerprint density at radius 2 is 1.83 bits per heavy atom. The van der Waals surface area contributed by atoms with Gasteiger partial charge in [0.2, 0.25) is 0 Å². The Balaban J connectivity index is 1.86. The van der Waals surface area contributed by atoms with Crippen molar-refractivity contribution >= 4 is 5.97 Å². The van der Waals surface area contributed by atoms with Crippen LogP contribution in [0.1, 0.15) is 12.5 Å². The van der Waals surface area contributed by atoms with Gasteiger partial charge in [0.1, 0.15) is 5.75 Å². The van der Waals surface area contributed by atoms with Crippen LogP contribution in [0.15, 0.2) is 48.7 Å². The van der Waals surface area contributed by atoms with Gasteiger partial charge in [-0.3, -0.25) is 4.89 Å². The Hall–Kier alpha value is -2.77. The summed E-state index contributed by atoms with van der Waals surface area (Å²) in [5.41, 5.74) is -0.933. The van der Waals surface area contributed by atoms with Gasteiger partial charge in [0.05, 0.1) is 5.56 Å². The molecule has 122 valence electrons. The van der Waals surface area contributed by atoms with Crippen LogP contribution in [-0.4, -0.2) is 17.1 Å². The van der Waals surface area contributed by atoms with Gasteiger partial charge in [-0.2, -0.15) is 13.2 Å². The van der Waals surface area contributed by atoms with E-state index in [1.165, 1.54) is 6.92 Å². The van der Waals surface area contributed by atoms with Crippen LogP contribution < -0.4 is 9.62 Å². The van der Waals surface area contributed by atoms with Gasteiger partial charge in [-0.1, -0.05) is 18.2 Å². The van der Waals surface area contributed by atoms with E-state index in [0.29, 0.717) is 11.9 Å². The van der Waals surface area contributed by atoms with Crippen molar-refractivity contribution in [1.82, 2.24) is 4.98 Å². The summed E-state index contributed by atoms with van der Waals surface area (Å²) in [6, 6.07) is 10.3. The number of ether oxygens (including phenoxy) is 1. The maximum Gasteiger partial charge on any atom is 0.417 e. The zero-order valence-corrected chi connectivity index (χ0v) is 11.9. The van der Waals surface area contributed by atoms with E-state index in [-0.39, 0.29) is 5.88 Å². The number of para-hydroxylation sites is 1. The molecular formula is C15H12F3NO4. The third-order valence-electron chi connectivity index (χ3n) is 2.66. The van der Waals surface area contributed by atoms with Crippen molar-refractivity contribution in [3.63, 3.8) is 0 Å². The second kappa shape index (κ2) is 6.99. The molecule has 0 N–H and O–H groups in total. The van der Waals surface area contributed by atoms with Crippen LogP contribution in [0.3, 0.4) is 0 Å². The molecule has 23 heavy (non-hydrogen) atoms. The summed E-state index contributed by atoms with van der Waals surface area (Å²) < 4.78 is 42.4. The molecule has 1 aromatic heterocycles. The molecule has 0 fully saturated rings. The topological polar surface area (TPSA) is 57.7 Å². The number of rotatable bonds is 5. The van der Waals surface area contributed by atoms with Crippen molar-refractivity contribution in [2.24, 2.45) is 0 Å². The highest BCUT2D eigenvalue weighted by atomic mass is 19.4. The van der Waals surface area contributed by atoms with E-state index in [9.17, 15) is 18.0 Å². The molecule has 0 aliphatic rings. The molecule has 2 aromatic rings. The van der Waals surface area contributed by atoms with Crippen molar-refractivity contribution in [2.75, 3.05) is 0 Å². The number of pyridine rings is 1. The molecule has 1 heterocycles. The summed E-state index contributed by atoms with van der Waals surface area (Å²) in [6.45, 7) is 1.44. The Labute approximate surface area is 129 Å². The van der Waals surface area contributed by atoms with Crippen LogP contribution in [-0.2, 0) is 15.9 Å². The highest BCUT2D eigenvalue weighted by Crippen LogP contribution is 2.29. The first-order chi connectivity index (χ1) is 10.9. The van der Waals surface area contributed by atoms with E-state index >= 15 is 0 Å². The van der Waals surface area contributed by atoms with Crippen LogP contribution in [0.2, 0.25) is 0 Å². The SMILES string of the molecule is CC(Oc1ccccc1)C(=O)OOc1ccc(C(F)(F)F)cn1. The fourth-order valence-electron chi connectivity index (χ4n) is 1.50. The van der Waals surface area contributed by atoms with Crippen molar-refractivity contribution in [3.8, 4) is 11.6 Å². The lowest BCUT2D eigenvalue weighted by molar-refractivity contribution is -0.222. The van der Waals surface area contributed by atoms with E-state index in [4.69, 9.17) is 4.74 Å². The lowest BCUT2D eigenvalue weighted by atomic mass is 10.3. The van der Waals surface area contributed by atoms with Gasteiger partial charge >= 0.3 is 12.1 Å². The minimum Gasteiger partial charge on any atom is -0.479 e. The van der Waals surface area contributed by atoms with Crippen molar-refractivity contribution in [1.29, 1.82) is 0 Å². The molecular weight excluding hydrogens is 315 g/mol. The summed E-state index contributed by atoms with van der Waals surface area (Å²) in [7, 11) is 0. The first kappa shape index (κ1) is 16.6. The lowest BCUT2D eigenvalue weighted by Gasteiger charge is -2.12. The number of hydrogen-bond acceptors (Lipinski definition) is 5. The van der Waals surface area contributed by atoms with Crippen molar-refractivity contribution in [3.05, 3.63) is 54.2 Å². The molecule has 0 saturated heterocycles. The first-order valence-corrected chi connectivity index (χ1v) is 6.49. The predicted molar refractivity (Wildman–Crippen MR) is 72.5 cm³/mol. The third kappa shape index (κ3) is 4.87. The molecule has 1 unspecified atom stereocenters. The fraction of sp³-hybridized carbons (Fsp3) is 0.200. The molecule has 8 heteroatoms. The number of aromatic nitrogens is 1. The highest BCUT2D eigenvalue weighted by Gasteiger charge is 2.30. The maximum atomic E-state index is 12.4. The van der Waals surface area contributed by atoms with Crippen LogP contribution in [0.4, 0.5) is 13.2 Å². The number of carbonyl (C=O) groups is 1. The summed E-state index contributed by atoms with van der Waals surface area (Å²) in [6.07, 6.45) is -4.89. The van der Waals surface area contributed by atoms with Gasteiger partial charge in [0.25, 0.3) is 5.88 Å².